The highest BCUT2D eigenvalue weighted by Gasteiger charge is 2.38. The first kappa shape index (κ1) is 18.4. The van der Waals surface area contributed by atoms with Crippen LogP contribution in [0.3, 0.4) is 0 Å². The van der Waals surface area contributed by atoms with Crippen LogP contribution in [-0.4, -0.2) is 43.3 Å². The lowest BCUT2D eigenvalue weighted by molar-refractivity contribution is 0.153. The standard InChI is InChI=1S/C15H22N2O2.2ClH/c1-19-13-4-2-3-12(15(13)18)14(11-5-6-11)17-9-7-16-8-10-17;;/h2-4,11,14,16,18H,5-10H2,1H3;2*1H/t14-;;/m1../s1. The molecule has 0 radical (unpaired) electrons. The van der Waals surface area contributed by atoms with Crippen LogP contribution in [-0.2, 0) is 0 Å². The van der Waals surface area contributed by atoms with E-state index in [-0.39, 0.29) is 24.8 Å². The Hall–Kier alpha value is -0.680. The van der Waals surface area contributed by atoms with E-state index >= 15 is 0 Å². The van der Waals surface area contributed by atoms with Crippen LogP contribution in [0.25, 0.3) is 0 Å². The monoisotopic (exact) mass is 334 g/mol. The number of phenols is 1. The van der Waals surface area contributed by atoms with Crippen LogP contribution in [0.2, 0.25) is 0 Å². The Labute approximate surface area is 138 Å². The molecule has 1 aliphatic heterocycles. The van der Waals surface area contributed by atoms with E-state index in [1.54, 1.807) is 7.11 Å². The molecule has 2 aliphatic rings. The third kappa shape index (κ3) is 3.95. The predicted molar refractivity (Wildman–Crippen MR) is 89.1 cm³/mol. The first-order valence-electron chi connectivity index (χ1n) is 7.12. The van der Waals surface area contributed by atoms with Gasteiger partial charge in [-0.1, -0.05) is 12.1 Å². The van der Waals surface area contributed by atoms with Gasteiger partial charge in [-0.25, -0.2) is 0 Å². The number of aromatic hydroxyl groups is 1. The molecule has 1 saturated heterocycles. The van der Waals surface area contributed by atoms with Crippen molar-refractivity contribution in [3.8, 4) is 11.5 Å². The summed E-state index contributed by atoms with van der Waals surface area (Å²) in [6, 6.07) is 6.19. The molecule has 0 amide bonds. The number of phenolic OH excluding ortho intramolecular Hbond substituents is 1. The largest absolute Gasteiger partial charge is 0.504 e. The Morgan fingerprint density at radius 1 is 1.24 bits per heavy atom. The zero-order chi connectivity index (χ0) is 13.2. The number of ether oxygens (including phenoxy) is 1. The molecule has 4 nitrogen and oxygen atoms in total. The topological polar surface area (TPSA) is 44.7 Å². The first-order valence-corrected chi connectivity index (χ1v) is 7.12. The van der Waals surface area contributed by atoms with E-state index in [2.05, 4.69) is 10.2 Å². The molecule has 120 valence electrons. The lowest BCUT2D eigenvalue weighted by Gasteiger charge is -2.35. The van der Waals surface area contributed by atoms with E-state index in [0.29, 0.717) is 23.5 Å². The van der Waals surface area contributed by atoms with E-state index in [0.717, 1.165) is 31.7 Å². The predicted octanol–water partition coefficient (Wildman–Crippen LogP) is 2.60. The lowest BCUT2D eigenvalue weighted by atomic mass is 9.98. The molecule has 2 N–H and O–H groups in total. The van der Waals surface area contributed by atoms with Crippen LogP contribution < -0.4 is 10.1 Å². The SMILES string of the molecule is COc1cccc([C@@H](C2CC2)N2CCNCC2)c1O.Cl.Cl. The van der Waals surface area contributed by atoms with E-state index in [4.69, 9.17) is 4.74 Å². The Balaban J connectivity index is 0.00000110. The summed E-state index contributed by atoms with van der Waals surface area (Å²) in [4.78, 5) is 2.50. The van der Waals surface area contributed by atoms with Gasteiger partial charge in [0.05, 0.1) is 7.11 Å². The minimum Gasteiger partial charge on any atom is -0.504 e. The van der Waals surface area contributed by atoms with Gasteiger partial charge >= 0.3 is 0 Å². The fraction of sp³-hybridized carbons (Fsp3) is 0.600. The number of nitrogens with one attached hydrogen (secondary N) is 1. The molecule has 0 spiro atoms. The van der Waals surface area contributed by atoms with Crippen molar-refractivity contribution >= 4 is 24.8 Å². The van der Waals surface area contributed by atoms with Gasteiger partial charge in [0.15, 0.2) is 11.5 Å². The van der Waals surface area contributed by atoms with Crippen molar-refractivity contribution in [3.63, 3.8) is 0 Å². The maximum absolute atomic E-state index is 10.4. The van der Waals surface area contributed by atoms with Gasteiger partial charge in [0.2, 0.25) is 0 Å². The highest BCUT2D eigenvalue weighted by molar-refractivity contribution is 5.85. The summed E-state index contributed by atoms with van der Waals surface area (Å²) in [6.07, 6.45) is 2.54. The number of para-hydroxylation sites is 1. The Morgan fingerprint density at radius 2 is 1.90 bits per heavy atom. The van der Waals surface area contributed by atoms with Crippen molar-refractivity contribution in [1.82, 2.24) is 10.2 Å². The number of methoxy groups -OCH3 is 1. The van der Waals surface area contributed by atoms with Gasteiger partial charge in [-0.3, -0.25) is 4.90 Å². The number of nitrogens with zero attached hydrogens (tertiary/aromatic N) is 1. The van der Waals surface area contributed by atoms with E-state index in [9.17, 15) is 5.11 Å². The van der Waals surface area contributed by atoms with Crippen LogP contribution in [0.5, 0.6) is 11.5 Å². The van der Waals surface area contributed by atoms with Gasteiger partial charge in [0.1, 0.15) is 0 Å². The van der Waals surface area contributed by atoms with Gasteiger partial charge < -0.3 is 15.2 Å². The number of hydrogen-bond acceptors (Lipinski definition) is 4. The fourth-order valence-electron chi connectivity index (χ4n) is 3.06. The van der Waals surface area contributed by atoms with Gasteiger partial charge in [-0.15, -0.1) is 24.8 Å². The van der Waals surface area contributed by atoms with Gasteiger partial charge in [0, 0.05) is 37.8 Å². The summed E-state index contributed by atoms with van der Waals surface area (Å²) in [6.45, 7) is 4.18. The van der Waals surface area contributed by atoms with E-state index < -0.39 is 0 Å². The van der Waals surface area contributed by atoms with Gasteiger partial charge in [-0.2, -0.15) is 0 Å². The molecule has 21 heavy (non-hydrogen) atoms. The molecule has 1 saturated carbocycles. The summed E-state index contributed by atoms with van der Waals surface area (Å²) >= 11 is 0. The quantitative estimate of drug-likeness (QED) is 0.888. The summed E-state index contributed by atoms with van der Waals surface area (Å²) in [5, 5.41) is 13.8. The normalized spacial score (nSPS) is 20.0. The molecule has 1 atom stereocenters. The van der Waals surface area contributed by atoms with Crippen LogP contribution in [0.1, 0.15) is 24.4 Å². The third-order valence-corrected chi connectivity index (χ3v) is 4.18. The molecule has 0 bridgehead atoms. The molecule has 1 aliphatic carbocycles. The van der Waals surface area contributed by atoms with Crippen molar-refractivity contribution < 1.29 is 9.84 Å². The molecular weight excluding hydrogens is 311 g/mol. The lowest BCUT2D eigenvalue weighted by Crippen LogP contribution is -2.45. The van der Waals surface area contributed by atoms with Crippen LogP contribution in [0.4, 0.5) is 0 Å². The van der Waals surface area contributed by atoms with E-state index in [1.807, 2.05) is 18.2 Å². The van der Waals surface area contributed by atoms with Crippen molar-refractivity contribution in [2.24, 2.45) is 5.92 Å². The summed E-state index contributed by atoms with van der Waals surface area (Å²) < 4.78 is 5.24. The second kappa shape index (κ2) is 8.08. The molecule has 6 heteroatoms. The zero-order valence-corrected chi connectivity index (χ0v) is 13.9. The number of halogens is 2. The van der Waals surface area contributed by atoms with Crippen molar-refractivity contribution in [2.45, 2.75) is 18.9 Å². The molecule has 2 fully saturated rings. The van der Waals surface area contributed by atoms with E-state index in [1.165, 1.54) is 12.8 Å². The molecule has 3 rings (SSSR count). The summed E-state index contributed by atoms with van der Waals surface area (Å²) in [5.41, 5.74) is 1.03. The maximum atomic E-state index is 10.4. The number of benzene rings is 1. The van der Waals surface area contributed by atoms with Gasteiger partial charge in [-0.05, 0) is 24.8 Å². The van der Waals surface area contributed by atoms with Crippen molar-refractivity contribution in [1.29, 1.82) is 0 Å². The zero-order valence-electron chi connectivity index (χ0n) is 12.2. The number of hydrogen-bond donors (Lipinski definition) is 2. The Morgan fingerprint density at radius 3 is 2.48 bits per heavy atom. The van der Waals surface area contributed by atoms with Crippen molar-refractivity contribution in [3.05, 3.63) is 23.8 Å². The average Bonchev–Trinajstić information content (AvgIpc) is 3.27. The second-order valence-electron chi connectivity index (χ2n) is 5.47. The minimum atomic E-state index is 0. The minimum absolute atomic E-state index is 0. The van der Waals surface area contributed by atoms with Crippen LogP contribution in [0, 0.1) is 5.92 Å². The molecule has 1 aromatic rings. The highest BCUT2D eigenvalue weighted by Crippen LogP contribution is 2.48. The molecule has 1 aromatic carbocycles. The maximum Gasteiger partial charge on any atom is 0.162 e. The number of rotatable bonds is 4. The first-order chi connectivity index (χ1) is 9.31. The van der Waals surface area contributed by atoms with Crippen LogP contribution in [0.15, 0.2) is 18.2 Å². The summed E-state index contributed by atoms with van der Waals surface area (Å²) in [5.74, 6) is 1.59. The average molecular weight is 335 g/mol. The fourth-order valence-corrected chi connectivity index (χ4v) is 3.06. The molecule has 0 aromatic heterocycles. The molecule has 0 unspecified atom stereocenters. The van der Waals surface area contributed by atoms with Crippen molar-refractivity contribution in [2.75, 3.05) is 33.3 Å². The number of piperazine rings is 1. The second-order valence-corrected chi connectivity index (χ2v) is 5.47. The summed E-state index contributed by atoms with van der Waals surface area (Å²) in [7, 11) is 1.61. The Bertz CT molecular complexity index is 449. The molecule has 1 heterocycles. The smallest absolute Gasteiger partial charge is 0.162 e. The molecular formula is C15H24Cl2N2O2. The van der Waals surface area contributed by atoms with Gasteiger partial charge in [0.25, 0.3) is 0 Å². The third-order valence-electron chi connectivity index (χ3n) is 4.18. The Kier molecular flexibility index (Phi) is 7.07. The van der Waals surface area contributed by atoms with Crippen LogP contribution >= 0.6 is 24.8 Å². The highest BCUT2D eigenvalue weighted by atomic mass is 35.5.